The van der Waals surface area contributed by atoms with E-state index in [9.17, 15) is 0 Å². The normalized spacial score (nSPS) is 11.8. The third-order valence-electron chi connectivity index (χ3n) is 2.83. The quantitative estimate of drug-likeness (QED) is 0.848. The van der Waals surface area contributed by atoms with Crippen LogP contribution in [0.15, 0.2) is 37.0 Å². The van der Waals surface area contributed by atoms with Crippen LogP contribution in [0.5, 0.6) is 0 Å². The Morgan fingerprint density at radius 3 is 2.68 bits per heavy atom. The minimum Gasteiger partial charge on any atom is -0.473 e. The van der Waals surface area contributed by atoms with Crippen molar-refractivity contribution in [3.8, 4) is 0 Å². The van der Waals surface area contributed by atoms with E-state index in [0.717, 1.165) is 12.1 Å². The van der Waals surface area contributed by atoms with Crippen LogP contribution >= 0.6 is 0 Å². The number of hydrogen-bond donors (Lipinski definition) is 1. The number of benzene rings is 1. The van der Waals surface area contributed by atoms with Crippen LogP contribution in [0.4, 0.5) is 0 Å². The molecule has 1 aromatic heterocycles. The van der Waals surface area contributed by atoms with Crippen molar-refractivity contribution in [1.29, 1.82) is 0 Å². The number of aromatic nitrogens is 1. The summed E-state index contributed by atoms with van der Waals surface area (Å²) >= 11 is 0. The summed E-state index contributed by atoms with van der Waals surface area (Å²) in [5, 5.41) is 4.36. The summed E-state index contributed by atoms with van der Waals surface area (Å²) in [5.74, 6) is 0.656. The fourth-order valence-corrected chi connectivity index (χ4v) is 2.13. The van der Waals surface area contributed by atoms with Gasteiger partial charge >= 0.3 is 0 Å². The van der Waals surface area contributed by atoms with Gasteiger partial charge in [0.25, 0.3) is 0 Å². The molecule has 0 aliphatic rings. The highest BCUT2D eigenvalue weighted by atomic mass is 16.5. The van der Waals surface area contributed by atoms with E-state index in [2.05, 4.69) is 36.2 Å². The molecule has 0 bridgehead atoms. The molecule has 2 rings (SSSR count). The molecule has 3 nitrogen and oxygen atoms in total. The van der Waals surface area contributed by atoms with E-state index >= 15 is 0 Å². The lowest BCUT2D eigenvalue weighted by atomic mass is 10.1. The average Bonchev–Trinajstić information content (AvgIpc) is 2.70. The van der Waals surface area contributed by atoms with E-state index in [1.54, 1.807) is 0 Å². The molecule has 19 heavy (non-hydrogen) atoms. The standard InChI is InChI=1S/C16H22N2O/c1-12(19-16(2,3)4)18-9-8-14-10-13(11-17-5)6-7-15(14)18/h6-10,17H,1,11H2,2-5H3. The van der Waals surface area contributed by atoms with E-state index in [1.165, 1.54) is 10.9 Å². The molecule has 1 N–H and O–H groups in total. The van der Waals surface area contributed by atoms with E-state index in [1.807, 2.05) is 38.6 Å². The second kappa shape index (κ2) is 5.10. The Morgan fingerprint density at radius 1 is 1.32 bits per heavy atom. The van der Waals surface area contributed by atoms with Crippen LogP contribution in [0.1, 0.15) is 26.3 Å². The minimum atomic E-state index is -0.236. The fraction of sp³-hybridized carbons (Fsp3) is 0.375. The lowest BCUT2D eigenvalue weighted by Gasteiger charge is -2.23. The molecule has 0 aliphatic heterocycles. The zero-order valence-electron chi connectivity index (χ0n) is 12.2. The zero-order valence-corrected chi connectivity index (χ0v) is 12.2. The third kappa shape index (κ3) is 3.18. The molecule has 0 saturated heterocycles. The molecule has 3 heteroatoms. The molecule has 102 valence electrons. The van der Waals surface area contributed by atoms with Crippen LogP contribution in [0.2, 0.25) is 0 Å². The van der Waals surface area contributed by atoms with Crippen LogP contribution in [-0.4, -0.2) is 17.2 Å². The van der Waals surface area contributed by atoms with Crippen molar-refractivity contribution in [1.82, 2.24) is 9.88 Å². The Kier molecular flexibility index (Phi) is 3.67. The predicted octanol–water partition coefficient (Wildman–Crippen LogP) is 3.60. The maximum absolute atomic E-state index is 5.82. The van der Waals surface area contributed by atoms with Crippen molar-refractivity contribution in [2.75, 3.05) is 7.05 Å². The van der Waals surface area contributed by atoms with E-state index < -0.39 is 0 Å². The maximum atomic E-state index is 5.82. The Labute approximate surface area is 114 Å². The molecule has 0 radical (unpaired) electrons. The number of hydrogen-bond acceptors (Lipinski definition) is 2. The highest BCUT2D eigenvalue weighted by Gasteiger charge is 2.14. The number of fused-ring (bicyclic) bond motifs is 1. The lowest BCUT2D eigenvalue weighted by Crippen LogP contribution is -2.19. The van der Waals surface area contributed by atoms with Crippen molar-refractivity contribution < 1.29 is 4.74 Å². The molecule has 0 aliphatic carbocycles. The van der Waals surface area contributed by atoms with E-state index in [4.69, 9.17) is 4.74 Å². The Bertz CT molecular complexity index is 590. The average molecular weight is 258 g/mol. The summed E-state index contributed by atoms with van der Waals surface area (Å²) in [7, 11) is 1.95. The molecule has 0 amide bonds. The van der Waals surface area contributed by atoms with Crippen molar-refractivity contribution in [3.05, 3.63) is 42.6 Å². The molecule has 0 fully saturated rings. The maximum Gasteiger partial charge on any atom is 0.191 e. The van der Waals surface area contributed by atoms with Crippen molar-refractivity contribution >= 4 is 16.8 Å². The summed E-state index contributed by atoms with van der Waals surface area (Å²) in [4.78, 5) is 0. The van der Waals surface area contributed by atoms with Crippen molar-refractivity contribution in [3.63, 3.8) is 0 Å². The fourth-order valence-electron chi connectivity index (χ4n) is 2.13. The summed E-state index contributed by atoms with van der Waals surface area (Å²) in [6.07, 6.45) is 2.00. The summed E-state index contributed by atoms with van der Waals surface area (Å²) in [5.41, 5.74) is 2.16. The summed E-state index contributed by atoms with van der Waals surface area (Å²) in [6.45, 7) is 11.0. The van der Waals surface area contributed by atoms with Crippen LogP contribution in [0.3, 0.4) is 0 Å². The molecule has 0 saturated carbocycles. The molecule has 1 aromatic carbocycles. The molecule has 1 heterocycles. The van der Waals surface area contributed by atoms with Gasteiger partial charge in [-0.1, -0.05) is 6.07 Å². The van der Waals surface area contributed by atoms with Gasteiger partial charge in [-0.25, -0.2) is 0 Å². The first-order valence-corrected chi connectivity index (χ1v) is 6.53. The van der Waals surface area contributed by atoms with Gasteiger partial charge in [-0.15, -0.1) is 0 Å². The number of nitrogens with one attached hydrogen (secondary N) is 1. The van der Waals surface area contributed by atoms with Crippen LogP contribution < -0.4 is 5.32 Å². The Balaban J connectivity index is 2.33. The van der Waals surface area contributed by atoms with Crippen molar-refractivity contribution in [2.45, 2.75) is 32.9 Å². The first-order chi connectivity index (χ1) is 8.90. The van der Waals surface area contributed by atoms with E-state index in [0.29, 0.717) is 5.88 Å². The monoisotopic (exact) mass is 258 g/mol. The number of ether oxygens (including phenoxy) is 1. The zero-order chi connectivity index (χ0) is 14.0. The van der Waals surface area contributed by atoms with Gasteiger partial charge in [-0.3, -0.25) is 4.57 Å². The Morgan fingerprint density at radius 2 is 2.05 bits per heavy atom. The first kappa shape index (κ1) is 13.7. The van der Waals surface area contributed by atoms with E-state index in [-0.39, 0.29) is 5.60 Å². The second-order valence-electron chi connectivity index (χ2n) is 5.72. The largest absolute Gasteiger partial charge is 0.473 e. The smallest absolute Gasteiger partial charge is 0.191 e. The van der Waals surface area contributed by atoms with Crippen LogP contribution in [-0.2, 0) is 11.3 Å². The summed E-state index contributed by atoms with van der Waals surface area (Å²) < 4.78 is 7.81. The van der Waals surface area contributed by atoms with Gasteiger partial charge in [-0.05, 0) is 58.2 Å². The van der Waals surface area contributed by atoms with Gasteiger partial charge in [0, 0.05) is 18.1 Å². The minimum absolute atomic E-state index is 0.236. The first-order valence-electron chi connectivity index (χ1n) is 6.53. The van der Waals surface area contributed by atoms with Gasteiger partial charge in [0.05, 0.1) is 5.52 Å². The SMILES string of the molecule is C=C(OC(C)(C)C)n1ccc2cc(CNC)ccc21. The summed E-state index contributed by atoms with van der Waals surface area (Å²) in [6, 6.07) is 8.51. The molecular weight excluding hydrogens is 236 g/mol. The highest BCUT2D eigenvalue weighted by Crippen LogP contribution is 2.23. The predicted molar refractivity (Wildman–Crippen MR) is 80.9 cm³/mol. The van der Waals surface area contributed by atoms with Gasteiger partial charge < -0.3 is 10.1 Å². The molecular formula is C16H22N2O. The van der Waals surface area contributed by atoms with Gasteiger partial charge in [0.15, 0.2) is 5.88 Å². The van der Waals surface area contributed by atoms with Gasteiger partial charge in [-0.2, -0.15) is 0 Å². The Hall–Kier alpha value is -1.74. The van der Waals surface area contributed by atoms with Crippen LogP contribution in [0, 0.1) is 0 Å². The van der Waals surface area contributed by atoms with Crippen molar-refractivity contribution in [2.24, 2.45) is 0 Å². The van der Waals surface area contributed by atoms with Gasteiger partial charge in [0.2, 0.25) is 0 Å². The lowest BCUT2D eigenvalue weighted by molar-refractivity contribution is 0.0877. The van der Waals surface area contributed by atoms with Crippen LogP contribution in [0.25, 0.3) is 16.8 Å². The number of rotatable bonds is 4. The third-order valence-corrected chi connectivity index (χ3v) is 2.83. The topological polar surface area (TPSA) is 26.2 Å². The second-order valence-corrected chi connectivity index (χ2v) is 5.72. The van der Waals surface area contributed by atoms with Gasteiger partial charge in [0.1, 0.15) is 5.60 Å². The number of nitrogens with zero attached hydrogens (tertiary/aromatic N) is 1. The molecule has 0 atom stereocenters. The molecule has 0 spiro atoms. The highest BCUT2D eigenvalue weighted by molar-refractivity contribution is 5.83. The molecule has 2 aromatic rings. The molecule has 0 unspecified atom stereocenters.